The highest BCUT2D eigenvalue weighted by Crippen LogP contribution is 2.30. The second-order valence-corrected chi connectivity index (χ2v) is 3.81. The average Bonchev–Trinajstić information content (AvgIpc) is 2.14. The molecule has 0 aliphatic carbocycles. The second kappa shape index (κ2) is 4.69. The van der Waals surface area contributed by atoms with Crippen LogP contribution in [0.5, 0.6) is 0 Å². The van der Waals surface area contributed by atoms with Crippen molar-refractivity contribution in [3.63, 3.8) is 0 Å². The third-order valence-electron chi connectivity index (χ3n) is 1.93. The third kappa shape index (κ3) is 3.69. The Bertz CT molecular complexity index is 468. The Morgan fingerprint density at radius 2 is 1.76 bits per heavy atom. The van der Waals surface area contributed by atoms with Crippen LogP contribution in [0.25, 0.3) is 0 Å². The van der Waals surface area contributed by atoms with Crippen molar-refractivity contribution in [3.05, 3.63) is 46.8 Å². The van der Waals surface area contributed by atoms with Crippen molar-refractivity contribution in [1.82, 2.24) is 0 Å². The monoisotopic (exact) mass is 246 g/mol. The molecule has 0 aromatic heterocycles. The van der Waals surface area contributed by atoms with Crippen LogP contribution in [0.1, 0.15) is 29.8 Å². The van der Waals surface area contributed by atoms with E-state index in [1.54, 1.807) is 13.8 Å². The van der Waals surface area contributed by atoms with Gasteiger partial charge in [0, 0.05) is 5.56 Å². The summed E-state index contributed by atoms with van der Waals surface area (Å²) in [4.78, 5) is 11.5. The summed E-state index contributed by atoms with van der Waals surface area (Å²) in [7, 11) is 0. The van der Waals surface area contributed by atoms with Crippen LogP contribution in [0.2, 0.25) is 0 Å². The van der Waals surface area contributed by atoms with Gasteiger partial charge in [0.1, 0.15) is 5.82 Å². The molecule has 0 unspecified atom stereocenters. The largest absolute Gasteiger partial charge is 0.416 e. The molecule has 0 saturated heterocycles. The van der Waals surface area contributed by atoms with Crippen molar-refractivity contribution < 1.29 is 22.4 Å². The van der Waals surface area contributed by atoms with Gasteiger partial charge in [-0.2, -0.15) is 13.2 Å². The SMILES string of the molecule is CC(C)=CC(=O)c1cc(F)cc(C(F)(F)F)c1. The van der Waals surface area contributed by atoms with E-state index in [4.69, 9.17) is 0 Å². The van der Waals surface area contributed by atoms with Crippen LogP contribution in [0.15, 0.2) is 29.8 Å². The Balaban J connectivity index is 3.24. The predicted octanol–water partition coefficient (Wildman–Crippen LogP) is 3.99. The molecule has 0 saturated carbocycles. The first-order valence-electron chi connectivity index (χ1n) is 4.77. The molecule has 0 N–H and O–H groups in total. The number of allylic oxidation sites excluding steroid dienone is 2. The number of carbonyl (C=O) groups excluding carboxylic acids is 1. The van der Waals surface area contributed by atoms with Crippen molar-refractivity contribution in [2.75, 3.05) is 0 Å². The van der Waals surface area contributed by atoms with Gasteiger partial charge in [-0.15, -0.1) is 0 Å². The quantitative estimate of drug-likeness (QED) is 0.438. The van der Waals surface area contributed by atoms with Crippen LogP contribution < -0.4 is 0 Å². The van der Waals surface area contributed by atoms with Gasteiger partial charge in [0.25, 0.3) is 0 Å². The number of hydrogen-bond donors (Lipinski definition) is 0. The smallest absolute Gasteiger partial charge is 0.289 e. The van der Waals surface area contributed by atoms with Gasteiger partial charge in [-0.05, 0) is 38.1 Å². The van der Waals surface area contributed by atoms with E-state index in [0.717, 1.165) is 12.1 Å². The van der Waals surface area contributed by atoms with Crippen molar-refractivity contribution in [3.8, 4) is 0 Å². The normalized spacial score (nSPS) is 11.2. The summed E-state index contributed by atoms with van der Waals surface area (Å²) in [6.07, 6.45) is -3.50. The van der Waals surface area contributed by atoms with E-state index in [2.05, 4.69) is 0 Å². The molecular weight excluding hydrogens is 236 g/mol. The lowest BCUT2D eigenvalue weighted by atomic mass is 10.0. The lowest BCUT2D eigenvalue weighted by Crippen LogP contribution is -2.08. The van der Waals surface area contributed by atoms with Crippen molar-refractivity contribution >= 4 is 5.78 Å². The van der Waals surface area contributed by atoms with E-state index in [1.807, 2.05) is 0 Å². The number of benzene rings is 1. The number of rotatable bonds is 2. The fourth-order valence-electron chi connectivity index (χ4n) is 1.24. The number of alkyl halides is 3. The average molecular weight is 246 g/mol. The highest BCUT2D eigenvalue weighted by molar-refractivity contribution is 6.04. The molecule has 5 heteroatoms. The molecule has 0 amide bonds. The van der Waals surface area contributed by atoms with Crippen molar-refractivity contribution in [1.29, 1.82) is 0 Å². The summed E-state index contributed by atoms with van der Waals surface area (Å²) in [5.74, 6) is -1.72. The number of ketones is 1. The van der Waals surface area contributed by atoms with Gasteiger partial charge in [-0.1, -0.05) is 5.57 Å². The molecule has 1 nitrogen and oxygen atoms in total. The fraction of sp³-hybridized carbons (Fsp3) is 0.250. The standard InChI is InChI=1S/C12H10F4O/c1-7(2)3-11(17)8-4-9(12(14,15)16)6-10(13)5-8/h3-6H,1-2H3. The van der Waals surface area contributed by atoms with E-state index in [0.29, 0.717) is 17.7 Å². The van der Waals surface area contributed by atoms with E-state index in [1.165, 1.54) is 0 Å². The summed E-state index contributed by atoms with van der Waals surface area (Å²) >= 11 is 0. The molecule has 0 aliphatic rings. The van der Waals surface area contributed by atoms with Crippen molar-refractivity contribution in [2.45, 2.75) is 20.0 Å². The minimum atomic E-state index is -4.66. The summed E-state index contributed by atoms with van der Waals surface area (Å²) in [6.45, 7) is 3.25. The predicted molar refractivity (Wildman–Crippen MR) is 55.2 cm³/mol. The highest BCUT2D eigenvalue weighted by atomic mass is 19.4. The Hall–Kier alpha value is -1.65. The van der Waals surface area contributed by atoms with E-state index >= 15 is 0 Å². The first-order chi connectivity index (χ1) is 7.70. The van der Waals surface area contributed by atoms with E-state index in [-0.39, 0.29) is 5.56 Å². The Kier molecular flexibility index (Phi) is 3.70. The van der Waals surface area contributed by atoms with Crippen molar-refractivity contribution in [2.24, 2.45) is 0 Å². The highest BCUT2D eigenvalue weighted by Gasteiger charge is 2.31. The topological polar surface area (TPSA) is 17.1 Å². The summed E-state index contributed by atoms with van der Waals surface area (Å²) in [5.41, 5.74) is -0.839. The molecule has 0 atom stereocenters. The van der Waals surface area contributed by atoms with Gasteiger partial charge in [0.05, 0.1) is 5.56 Å². The van der Waals surface area contributed by atoms with Gasteiger partial charge in [0.15, 0.2) is 5.78 Å². The molecule has 17 heavy (non-hydrogen) atoms. The number of hydrogen-bond acceptors (Lipinski definition) is 1. The molecule has 92 valence electrons. The van der Waals surface area contributed by atoms with Gasteiger partial charge < -0.3 is 0 Å². The molecule has 0 heterocycles. The van der Waals surface area contributed by atoms with Crippen LogP contribution in [-0.2, 0) is 6.18 Å². The summed E-state index contributed by atoms with van der Waals surface area (Å²) in [6, 6.07) is 1.79. The zero-order valence-electron chi connectivity index (χ0n) is 9.23. The van der Waals surface area contributed by atoms with Gasteiger partial charge in [-0.25, -0.2) is 4.39 Å². The van der Waals surface area contributed by atoms with Crippen LogP contribution in [-0.4, -0.2) is 5.78 Å². The lowest BCUT2D eigenvalue weighted by Gasteiger charge is -2.08. The third-order valence-corrected chi connectivity index (χ3v) is 1.93. The minimum Gasteiger partial charge on any atom is -0.289 e. The summed E-state index contributed by atoms with van der Waals surface area (Å²) < 4.78 is 50.1. The second-order valence-electron chi connectivity index (χ2n) is 3.81. The zero-order chi connectivity index (χ0) is 13.2. The summed E-state index contributed by atoms with van der Waals surface area (Å²) in [5, 5.41) is 0. The lowest BCUT2D eigenvalue weighted by molar-refractivity contribution is -0.137. The zero-order valence-corrected chi connectivity index (χ0v) is 9.23. The number of halogens is 4. The van der Waals surface area contributed by atoms with E-state index in [9.17, 15) is 22.4 Å². The first kappa shape index (κ1) is 13.4. The first-order valence-corrected chi connectivity index (χ1v) is 4.77. The molecule has 0 radical (unpaired) electrons. The Morgan fingerprint density at radius 1 is 1.18 bits per heavy atom. The maximum atomic E-state index is 13.0. The Morgan fingerprint density at radius 3 is 2.24 bits per heavy atom. The molecular formula is C12H10F4O. The minimum absolute atomic E-state index is 0.307. The molecule has 0 aliphatic heterocycles. The van der Waals surface area contributed by atoms with Gasteiger partial charge in [0.2, 0.25) is 0 Å². The van der Waals surface area contributed by atoms with Gasteiger partial charge >= 0.3 is 6.18 Å². The van der Waals surface area contributed by atoms with Crippen LogP contribution in [0.3, 0.4) is 0 Å². The van der Waals surface area contributed by atoms with E-state index < -0.39 is 23.3 Å². The fourth-order valence-corrected chi connectivity index (χ4v) is 1.24. The maximum Gasteiger partial charge on any atom is 0.416 e. The maximum absolute atomic E-state index is 13.0. The van der Waals surface area contributed by atoms with Crippen LogP contribution in [0, 0.1) is 5.82 Å². The molecule has 1 aromatic rings. The number of carbonyl (C=O) groups is 1. The molecule has 0 fully saturated rings. The van der Waals surface area contributed by atoms with Crippen LogP contribution >= 0.6 is 0 Å². The molecule has 0 spiro atoms. The van der Waals surface area contributed by atoms with Gasteiger partial charge in [-0.3, -0.25) is 4.79 Å². The Labute approximate surface area is 95.8 Å². The molecule has 1 aromatic carbocycles. The van der Waals surface area contributed by atoms with Crippen LogP contribution in [0.4, 0.5) is 17.6 Å². The molecule has 0 bridgehead atoms. The molecule has 1 rings (SSSR count).